The van der Waals surface area contributed by atoms with Crippen LogP contribution < -0.4 is 0 Å². The molecule has 0 spiro atoms. The molecular formula is C20H22N2O2S. The predicted molar refractivity (Wildman–Crippen MR) is 98.5 cm³/mol. The SMILES string of the molecule is Cc1csc(C(=O)N2CCC(COCc3ccc(C#N)cc3)CC2)c1. The number of nitrogens with zero attached hydrogens (tertiary/aromatic N) is 2. The first-order valence-corrected chi connectivity index (χ1v) is 9.45. The molecule has 1 amide bonds. The number of likely N-dealkylation sites (tertiary alicyclic amines) is 1. The van der Waals surface area contributed by atoms with Gasteiger partial charge < -0.3 is 9.64 Å². The molecule has 1 aliphatic heterocycles. The monoisotopic (exact) mass is 354 g/mol. The molecule has 1 fully saturated rings. The molecule has 2 heterocycles. The number of rotatable bonds is 5. The Labute approximate surface area is 152 Å². The molecule has 3 rings (SSSR count). The molecule has 0 bridgehead atoms. The predicted octanol–water partition coefficient (Wildman–Crippen LogP) is 4.00. The first-order chi connectivity index (χ1) is 12.2. The van der Waals surface area contributed by atoms with Gasteiger partial charge in [0.2, 0.25) is 0 Å². The fourth-order valence-corrected chi connectivity index (χ4v) is 3.89. The Hall–Kier alpha value is -2.16. The van der Waals surface area contributed by atoms with E-state index in [-0.39, 0.29) is 5.91 Å². The maximum Gasteiger partial charge on any atom is 0.263 e. The average molecular weight is 354 g/mol. The van der Waals surface area contributed by atoms with Gasteiger partial charge in [0, 0.05) is 19.7 Å². The number of amides is 1. The van der Waals surface area contributed by atoms with E-state index in [1.54, 1.807) is 0 Å². The van der Waals surface area contributed by atoms with Crippen molar-refractivity contribution in [2.45, 2.75) is 26.4 Å². The topological polar surface area (TPSA) is 53.3 Å². The van der Waals surface area contributed by atoms with Crippen LogP contribution in [0.15, 0.2) is 35.7 Å². The highest BCUT2D eigenvalue weighted by molar-refractivity contribution is 7.12. The van der Waals surface area contributed by atoms with E-state index in [0.29, 0.717) is 18.1 Å². The summed E-state index contributed by atoms with van der Waals surface area (Å²) in [5, 5.41) is 10.8. The highest BCUT2D eigenvalue weighted by Gasteiger charge is 2.24. The summed E-state index contributed by atoms with van der Waals surface area (Å²) >= 11 is 1.53. The second kappa shape index (κ2) is 8.28. The van der Waals surface area contributed by atoms with Gasteiger partial charge in [-0.2, -0.15) is 5.26 Å². The van der Waals surface area contributed by atoms with Gasteiger partial charge in [-0.15, -0.1) is 11.3 Å². The lowest BCUT2D eigenvalue weighted by molar-refractivity contribution is 0.0481. The molecule has 0 radical (unpaired) electrons. The van der Waals surface area contributed by atoms with Gasteiger partial charge in [0.25, 0.3) is 5.91 Å². The maximum absolute atomic E-state index is 12.5. The summed E-state index contributed by atoms with van der Waals surface area (Å²) in [7, 11) is 0. The van der Waals surface area contributed by atoms with Gasteiger partial charge in [0.15, 0.2) is 0 Å². The van der Waals surface area contributed by atoms with Gasteiger partial charge in [-0.05, 0) is 60.4 Å². The van der Waals surface area contributed by atoms with Crippen molar-refractivity contribution in [1.29, 1.82) is 5.26 Å². The van der Waals surface area contributed by atoms with Crippen LogP contribution in [0.3, 0.4) is 0 Å². The number of hydrogen-bond acceptors (Lipinski definition) is 4. The van der Waals surface area contributed by atoms with Gasteiger partial charge in [0.05, 0.1) is 23.1 Å². The van der Waals surface area contributed by atoms with Crippen LogP contribution in [0, 0.1) is 24.2 Å². The summed E-state index contributed by atoms with van der Waals surface area (Å²) in [4.78, 5) is 15.3. The third-order valence-corrected chi connectivity index (χ3v) is 5.58. The minimum absolute atomic E-state index is 0.162. The lowest BCUT2D eigenvalue weighted by Gasteiger charge is -2.31. The van der Waals surface area contributed by atoms with E-state index < -0.39 is 0 Å². The quantitative estimate of drug-likeness (QED) is 0.815. The molecule has 1 aromatic carbocycles. The molecule has 1 saturated heterocycles. The maximum atomic E-state index is 12.5. The number of benzene rings is 1. The van der Waals surface area contributed by atoms with Crippen LogP contribution in [0.5, 0.6) is 0 Å². The van der Waals surface area contributed by atoms with Crippen molar-refractivity contribution in [3.05, 3.63) is 57.3 Å². The van der Waals surface area contributed by atoms with Gasteiger partial charge in [-0.3, -0.25) is 4.79 Å². The number of hydrogen-bond donors (Lipinski definition) is 0. The van der Waals surface area contributed by atoms with Gasteiger partial charge >= 0.3 is 0 Å². The summed E-state index contributed by atoms with van der Waals surface area (Å²) in [5.74, 6) is 0.669. The Bertz CT molecular complexity index is 753. The highest BCUT2D eigenvalue weighted by Crippen LogP contribution is 2.22. The number of carbonyl (C=O) groups excluding carboxylic acids is 1. The lowest BCUT2D eigenvalue weighted by atomic mass is 9.97. The van der Waals surface area contributed by atoms with Crippen LogP contribution in [0.2, 0.25) is 0 Å². The zero-order valence-electron chi connectivity index (χ0n) is 14.4. The smallest absolute Gasteiger partial charge is 0.263 e. The Morgan fingerprint density at radius 1 is 1.32 bits per heavy atom. The van der Waals surface area contributed by atoms with Crippen molar-refractivity contribution in [2.75, 3.05) is 19.7 Å². The van der Waals surface area contributed by atoms with Crippen molar-refractivity contribution >= 4 is 17.2 Å². The molecule has 0 N–H and O–H groups in total. The number of carbonyl (C=O) groups is 1. The Balaban J connectivity index is 1.40. The fourth-order valence-electron chi connectivity index (χ4n) is 3.02. The number of ether oxygens (including phenoxy) is 1. The lowest BCUT2D eigenvalue weighted by Crippen LogP contribution is -2.39. The fraction of sp³-hybridized carbons (Fsp3) is 0.400. The van der Waals surface area contributed by atoms with E-state index >= 15 is 0 Å². The van der Waals surface area contributed by atoms with E-state index in [0.717, 1.165) is 48.5 Å². The van der Waals surface area contributed by atoms with Crippen LogP contribution in [0.25, 0.3) is 0 Å². The number of aryl methyl sites for hydroxylation is 1. The van der Waals surface area contributed by atoms with Crippen molar-refractivity contribution in [1.82, 2.24) is 4.90 Å². The van der Waals surface area contributed by atoms with Crippen molar-refractivity contribution < 1.29 is 9.53 Å². The van der Waals surface area contributed by atoms with Gasteiger partial charge in [-0.1, -0.05) is 12.1 Å². The summed E-state index contributed by atoms with van der Waals surface area (Å²) < 4.78 is 5.83. The molecule has 0 unspecified atom stereocenters. The molecule has 130 valence electrons. The molecule has 0 saturated carbocycles. The van der Waals surface area contributed by atoms with Crippen LogP contribution in [-0.4, -0.2) is 30.5 Å². The number of piperidine rings is 1. The normalized spacial score (nSPS) is 15.1. The first-order valence-electron chi connectivity index (χ1n) is 8.57. The molecule has 1 aliphatic rings. The number of nitriles is 1. The molecule has 25 heavy (non-hydrogen) atoms. The Morgan fingerprint density at radius 2 is 2.04 bits per heavy atom. The van der Waals surface area contributed by atoms with Crippen molar-refractivity contribution in [3.8, 4) is 6.07 Å². The van der Waals surface area contributed by atoms with Crippen LogP contribution in [-0.2, 0) is 11.3 Å². The summed E-state index contributed by atoms with van der Waals surface area (Å²) in [5.41, 5.74) is 2.90. The zero-order chi connectivity index (χ0) is 17.6. The second-order valence-corrected chi connectivity index (χ2v) is 7.46. The largest absolute Gasteiger partial charge is 0.376 e. The molecule has 5 heteroatoms. The standard InChI is InChI=1S/C20H22N2O2S/c1-15-10-19(25-14-15)20(23)22-8-6-18(7-9-22)13-24-12-17-4-2-16(11-21)3-5-17/h2-5,10,14,18H,6-9,12-13H2,1H3. The minimum atomic E-state index is 0.162. The Kier molecular flexibility index (Phi) is 5.85. The highest BCUT2D eigenvalue weighted by atomic mass is 32.1. The van der Waals surface area contributed by atoms with Crippen molar-refractivity contribution in [2.24, 2.45) is 5.92 Å². The summed E-state index contributed by atoms with van der Waals surface area (Å²) in [6.45, 7) is 4.92. The third-order valence-electron chi connectivity index (χ3n) is 4.55. The average Bonchev–Trinajstić information content (AvgIpc) is 3.09. The Morgan fingerprint density at radius 3 is 2.64 bits per heavy atom. The molecule has 1 aromatic heterocycles. The van der Waals surface area contributed by atoms with E-state index in [4.69, 9.17) is 10.00 Å². The van der Waals surface area contributed by atoms with Crippen LogP contribution >= 0.6 is 11.3 Å². The van der Waals surface area contributed by atoms with E-state index in [2.05, 4.69) is 6.07 Å². The van der Waals surface area contributed by atoms with Crippen LogP contribution in [0.4, 0.5) is 0 Å². The molecular weight excluding hydrogens is 332 g/mol. The second-order valence-electron chi connectivity index (χ2n) is 6.55. The summed E-state index contributed by atoms with van der Waals surface area (Å²) in [6.07, 6.45) is 1.98. The van der Waals surface area contributed by atoms with Gasteiger partial charge in [0.1, 0.15) is 0 Å². The minimum Gasteiger partial charge on any atom is -0.376 e. The third kappa shape index (κ3) is 4.68. The summed E-state index contributed by atoms with van der Waals surface area (Å²) in [6, 6.07) is 11.6. The molecule has 0 aliphatic carbocycles. The first kappa shape index (κ1) is 17.7. The van der Waals surface area contributed by atoms with Crippen molar-refractivity contribution in [3.63, 3.8) is 0 Å². The van der Waals surface area contributed by atoms with E-state index in [1.807, 2.05) is 47.5 Å². The molecule has 4 nitrogen and oxygen atoms in total. The molecule has 0 atom stereocenters. The molecule has 2 aromatic rings. The van der Waals surface area contributed by atoms with E-state index in [9.17, 15) is 4.79 Å². The van der Waals surface area contributed by atoms with E-state index in [1.165, 1.54) is 11.3 Å². The number of thiophene rings is 1. The van der Waals surface area contributed by atoms with Gasteiger partial charge in [-0.25, -0.2) is 0 Å². The zero-order valence-corrected chi connectivity index (χ0v) is 15.2. The van der Waals surface area contributed by atoms with Crippen LogP contribution in [0.1, 0.15) is 39.2 Å².